The highest BCUT2D eigenvalue weighted by Crippen LogP contribution is 2.15. The molecular weight excluding hydrogens is 240 g/mol. The van der Waals surface area contributed by atoms with Gasteiger partial charge >= 0.3 is 0 Å². The smallest absolute Gasteiger partial charge is 0.281 e. The molecule has 0 radical (unpaired) electrons. The van der Waals surface area contributed by atoms with Gasteiger partial charge in [-0.15, -0.1) is 0 Å². The van der Waals surface area contributed by atoms with Crippen LogP contribution >= 0.6 is 0 Å². The van der Waals surface area contributed by atoms with Crippen molar-refractivity contribution in [3.05, 3.63) is 0 Å². The monoisotopic (exact) mass is 262 g/mol. The zero-order valence-electron chi connectivity index (χ0n) is 10.4. The van der Waals surface area contributed by atoms with Crippen LogP contribution < -0.4 is 5.73 Å². The fraction of sp³-hybridized carbons (Fsp3) is 0.900. The molecule has 100 valence electrons. The lowest BCUT2D eigenvalue weighted by Crippen LogP contribution is -2.43. The van der Waals surface area contributed by atoms with E-state index in [1.54, 1.807) is 11.4 Å². The normalized spacial score (nSPS) is 19.2. The Morgan fingerprint density at radius 1 is 1.29 bits per heavy atom. The molecule has 1 fully saturated rings. The zero-order chi connectivity index (χ0) is 12.9. The van der Waals surface area contributed by atoms with E-state index in [9.17, 15) is 8.42 Å². The number of nitrogens with two attached hydrogens (primary N) is 1. The van der Waals surface area contributed by atoms with Crippen LogP contribution in [0.25, 0.3) is 0 Å². The van der Waals surface area contributed by atoms with Crippen molar-refractivity contribution in [1.82, 2.24) is 8.61 Å². The topological polar surface area (TPSA) is 90.5 Å². The average molecular weight is 262 g/mol. The molecule has 3 N–H and O–H groups in total. The van der Waals surface area contributed by atoms with E-state index in [0.717, 1.165) is 25.7 Å². The number of nitrogens with zero attached hydrogens (tertiary/aromatic N) is 2. The third-order valence-corrected chi connectivity index (χ3v) is 4.97. The van der Waals surface area contributed by atoms with Crippen LogP contribution in [-0.4, -0.2) is 49.5 Å². The van der Waals surface area contributed by atoms with Crippen molar-refractivity contribution in [2.45, 2.75) is 32.1 Å². The Hall–Kier alpha value is -0.660. The number of rotatable bonds is 5. The first kappa shape index (κ1) is 14.4. The summed E-state index contributed by atoms with van der Waals surface area (Å²) in [5.74, 6) is 0.0166. The first-order valence-corrected chi connectivity index (χ1v) is 7.38. The molecule has 0 amide bonds. The first-order valence-electron chi connectivity index (χ1n) is 5.99. The van der Waals surface area contributed by atoms with E-state index in [1.165, 1.54) is 4.31 Å². The van der Waals surface area contributed by atoms with Crippen LogP contribution in [0.5, 0.6) is 0 Å². The molecule has 0 aromatic heterocycles. The van der Waals surface area contributed by atoms with E-state index in [-0.39, 0.29) is 18.8 Å². The predicted molar refractivity (Wildman–Crippen MR) is 68.1 cm³/mol. The quantitative estimate of drug-likeness (QED) is 0.554. The fourth-order valence-corrected chi connectivity index (χ4v) is 3.30. The Bertz CT molecular complexity index is 347. The van der Waals surface area contributed by atoms with E-state index < -0.39 is 10.2 Å². The highest BCUT2D eigenvalue weighted by atomic mass is 32.2. The van der Waals surface area contributed by atoms with Crippen LogP contribution in [0, 0.1) is 5.41 Å². The van der Waals surface area contributed by atoms with Gasteiger partial charge in [0.2, 0.25) is 0 Å². The van der Waals surface area contributed by atoms with Gasteiger partial charge < -0.3 is 5.73 Å². The predicted octanol–water partition coefficient (Wildman–Crippen LogP) is 0.365. The molecule has 0 saturated carbocycles. The second kappa shape index (κ2) is 6.32. The Labute approximate surface area is 103 Å². The molecule has 0 spiro atoms. The van der Waals surface area contributed by atoms with Crippen molar-refractivity contribution in [1.29, 1.82) is 5.41 Å². The maximum absolute atomic E-state index is 12.2. The molecule has 7 heteroatoms. The summed E-state index contributed by atoms with van der Waals surface area (Å²) in [6, 6.07) is 0. The van der Waals surface area contributed by atoms with Crippen LogP contribution in [0.15, 0.2) is 0 Å². The van der Waals surface area contributed by atoms with E-state index in [4.69, 9.17) is 11.1 Å². The van der Waals surface area contributed by atoms with Crippen LogP contribution in [0.4, 0.5) is 0 Å². The first-order chi connectivity index (χ1) is 7.94. The van der Waals surface area contributed by atoms with Gasteiger partial charge in [0, 0.05) is 33.1 Å². The van der Waals surface area contributed by atoms with Crippen LogP contribution in [0.2, 0.25) is 0 Å². The van der Waals surface area contributed by atoms with E-state index in [2.05, 4.69) is 0 Å². The molecule has 1 heterocycles. The number of hydrogen-bond donors (Lipinski definition) is 2. The van der Waals surface area contributed by atoms with Crippen molar-refractivity contribution in [2.75, 3.05) is 26.7 Å². The van der Waals surface area contributed by atoms with Gasteiger partial charge in [-0.1, -0.05) is 12.8 Å². The lowest BCUT2D eigenvalue weighted by atomic mass is 10.2. The van der Waals surface area contributed by atoms with Gasteiger partial charge in [-0.05, 0) is 12.8 Å². The van der Waals surface area contributed by atoms with Crippen molar-refractivity contribution in [2.24, 2.45) is 5.73 Å². The highest BCUT2D eigenvalue weighted by Gasteiger charge is 2.26. The lowest BCUT2D eigenvalue weighted by molar-refractivity contribution is 0.368. The summed E-state index contributed by atoms with van der Waals surface area (Å²) in [6.07, 6.45) is 4.34. The molecule has 1 aliphatic heterocycles. The van der Waals surface area contributed by atoms with E-state index >= 15 is 0 Å². The van der Waals surface area contributed by atoms with Gasteiger partial charge in [0.05, 0.1) is 5.84 Å². The number of nitrogens with one attached hydrogen (secondary N) is 1. The molecular formula is C10H22N4O2S. The van der Waals surface area contributed by atoms with Crippen LogP contribution in [0.3, 0.4) is 0 Å². The molecule has 0 unspecified atom stereocenters. The van der Waals surface area contributed by atoms with Crippen molar-refractivity contribution in [3.63, 3.8) is 0 Å². The summed E-state index contributed by atoms with van der Waals surface area (Å²) < 4.78 is 27.2. The minimum Gasteiger partial charge on any atom is -0.388 e. The molecule has 0 atom stereocenters. The van der Waals surface area contributed by atoms with Gasteiger partial charge in [-0.2, -0.15) is 17.0 Å². The molecule has 17 heavy (non-hydrogen) atoms. The molecule has 1 aliphatic rings. The number of hydrogen-bond acceptors (Lipinski definition) is 3. The maximum atomic E-state index is 12.2. The summed E-state index contributed by atoms with van der Waals surface area (Å²) >= 11 is 0. The van der Waals surface area contributed by atoms with Gasteiger partial charge in [0.15, 0.2) is 0 Å². The Morgan fingerprint density at radius 2 is 1.82 bits per heavy atom. The summed E-state index contributed by atoms with van der Waals surface area (Å²) in [5.41, 5.74) is 5.24. The molecule has 0 aromatic carbocycles. The average Bonchev–Trinajstić information content (AvgIpc) is 2.54. The molecule has 1 saturated heterocycles. The highest BCUT2D eigenvalue weighted by molar-refractivity contribution is 7.86. The fourth-order valence-electron chi connectivity index (χ4n) is 1.86. The minimum atomic E-state index is -3.37. The second-order valence-electron chi connectivity index (χ2n) is 4.42. The third kappa shape index (κ3) is 4.25. The SMILES string of the molecule is CN(CCC(=N)N)S(=O)(=O)N1CCCCCC1. The Kier molecular flexibility index (Phi) is 5.35. The van der Waals surface area contributed by atoms with Gasteiger partial charge in [-0.25, -0.2) is 0 Å². The van der Waals surface area contributed by atoms with Gasteiger partial charge in [-0.3, -0.25) is 5.41 Å². The number of amidine groups is 1. The van der Waals surface area contributed by atoms with Crippen LogP contribution in [0.1, 0.15) is 32.1 Å². The standard InChI is InChI=1S/C10H22N4O2S/c1-13(9-6-10(11)12)17(15,16)14-7-4-2-3-5-8-14/h2-9H2,1H3,(H3,11,12). The lowest BCUT2D eigenvalue weighted by Gasteiger charge is -2.26. The summed E-state index contributed by atoms with van der Waals surface area (Å²) in [6.45, 7) is 1.48. The third-order valence-electron chi connectivity index (χ3n) is 2.98. The van der Waals surface area contributed by atoms with E-state index in [0.29, 0.717) is 13.1 Å². The summed E-state index contributed by atoms with van der Waals surface area (Å²) in [5, 5.41) is 7.11. The van der Waals surface area contributed by atoms with Crippen molar-refractivity contribution in [3.8, 4) is 0 Å². The van der Waals surface area contributed by atoms with Crippen LogP contribution in [-0.2, 0) is 10.2 Å². The van der Waals surface area contributed by atoms with Gasteiger partial charge in [0.25, 0.3) is 10.2 Å². The van der Waals surface area contributed by atoms with E-state index in [1.807, 2.05) is 0 Å². The largest absolute Gasteiger partial charge is 0.388 e. The Morgan fingerprint density at radius 3 is 2.29 bits per heavy atom. The summed E-state index contributed by atoms with van der Waals surface area (Å²) in [7, 11) is -1.82. The molecule has 6 nitrogen and oxygen atoms in total. The molecule has 1 rings (SSSR count). The zero-order valence-corrected chi connectivity index (χ0v) is 11.2. The van der Waals surface area contributed by atoms with Gasteiger partial charge in [0.1, 0.15) is 0 Å². The van der Waals surface area contributed by atoms with Crippen molar-refractivity contribution >= 4 is 16.0 Å². The Balaban J connectivity index is 2.61. The molecule has 0 aromatic rings. The molecule has 0 aliphatic carbocycles. The molecule has 0 bridgehead atoms. The second-order valence-corrected chi connectivity index (χ2v) is 6.45. The maximum Gasteiger partial charge on any atom is 0.281 e. The minimum absolute atomic E-state index is 0.0166. The van der Waals surface area contributed by atoms with Crippen molar-refractivity contribution < 1.29 is 8.42 Å². The summed E-state index contributed by atoms with van der Waals surface area (Å²) in [4.78, 5) is 0.